The molecule has 7 aromatic rings. The second-order valence-electron chi connectivity index (χ2n) is 34.0. The van der Waals surface area contributed by atoms with Crippen molar-refractivity contribution >= 4 is 111 Å². The van der Waals surface area contributed by atoms with E-state index in [1.807, 2.05) is 0 Å². The van der Waals surface area contributed by atoms with Crippen molar-refractivity contribution in [3.63, 3.8) is 0 Å². The average Bonchev–Trinajstić information content (AvgIpc) is 1.61. The van der Waals surface area contributed by atoms with Crippen LogP contribution in [0.5, 0.6) is 0 Å². The second-order valence-corrected chi connectivity index (χ2v) is 45.2. The largest absolute Gasteiger partial charge is 0.472 e. The normalized spacial score (nSPS) is 29.3. The third-order valence-electron chi connectivity index (χ3n) is 23.9. The number of hydrogen-bond acceptors (Lipinski definition) is 52. The number of nitrogen functional groups attached to an aromatic ring is 5. The molecule has 7 aromatic heterocycles. The van der Waals surface area contributed by atoms with Gasteiger partial charge >= 0.3 is 64.2 Å². The molecule has 0 bridgehead atoms. The zero-order valence-electron chi connectivity index (χ0n) is 81.7. The zero-order valence-corrected chi connectivity index (χ0v) is 88.6. The highest BCUT2D eigenvalue weighted by atomic mass is 32.5. The summed E-state index contributed by atoms with van der Waals surface area (Å²) in [6.45, 7) is -12.9. The van der Waals surface area contributed by atoms with Crippen molar-refractivity contribution in [2.75, 3.05) is 184 Å². The maximum absolute atomic E-state index is 15.4. The number of phosphoric acid groups is 2. The Kier molecular flexibility index (Phi) is 41.3. The number of anilines is 5. The number of ether oxygens (including phenoxy) is 18. The Labute approximate surface area is 856 Å². The molecule has 13 rings (SSSR count). The Morgan fingerprint density at radius 2 is 0.628 bits per heavy atom. The van der Waals surface area contributed by atoms with Crippen molar-refractivity contribution in [1.82, 2.24) is 67.3 Å². The highest BCUT2D eigenvalue weighted by Crippen LogP contribution is 2.58. The minimum Gasteiger partial charge on any atom is -0.387 e. The molecule has 6 aliphatic rings. The topological polar surface area (TPSA) is 782 Å². The van der Waals surface area contributed by atoms with Crippen LogP contribution in [-0.2, 0) is 175 Å². The van der Waals surface area contributed by atoms with Crippen molar-refractivity contribution < 1.29 is 169 Å². The predicted octanol–water partition coefficient (Wildman–Crippen LogP) is -1.94. The van der Waals surface area contributed by atoms with Gasteiger partial charge in [0.1, 0.15) is 139 Å². The molecule has 0 spiro atoms. The number of aromatic amines is 1. The Bertz CT molecular complexity index is 6350. The van der Waals surface area contributed by atoms with Crippen molar-refractivity contribution in [2.24, 2.45) is 0 Å². The van der Waals surface area contributed by atoms with Gasteiger partial charge in [0.2, 0.25) is 0 Å². The molecule has 6 fully saturated rings. The fourth-order valence-corrected chi connectivity index (χ4v) is 22.8. The molecule has 17 N–H and O–H groups in total. The van der Waals surface area contributed by atoms with Gasteiger partial charge in [0, 0.05) is 101 Å². The lowest BCUT2D eigenvalue weighted by molar-refractivity contribution is -0.0851. The highest BCUT2D eigenvalue weighted by Gasteiger charge is 2.59. The number of H-pyrrole nitrogens is 1. The summed E-state index contributed by atoms with van der Waals surface area (Å²) in [5, 5.41) is 11.8. The fraction of sp³-hybridized carbons (Fsp3) is 0.684. The number of nitrogens with zero attached hydrogens (tertiary/aromatic N) is 13. The lowest BCUT2D eigenvalue weighted by Crippen LogP contribution is -2.42. The van der Waals surface area contributed by atoms with Crippen LogP contribution in [0.15, 0.2) is 72.4 Å². The molecule has 29 atom stereocenters. The monoisotopic (exact) mass is 2260 g/mol. The number of hydrogen-bond donors (Lipinski definition) is 12. The molecule has 11 unspecified atom stereocenters. The van der Waals surface area contributed by atoms with Crippen LogP contribution in [0.1, 0.15) is 78.5 Å². The first kappa shape index (κ1) is 118. The Hall–Kier alpha value is -7.20. The number of nitrogens with one attached hydrogen (secondary N) is 1. The molecule has 0 radical (unpaired) electrons. The third-order valence-corrected chi connectivity index (χ3v) is 30.5. The standard InChI is InChI=1S/C79H120N19O42P5S3/c1-13-43-51(57(120-21-15-114-8)70(130-43)94-27-39(3)63(81)89-76(94)102)138-144(111,147)128-34-47-53(59(122-23-17-116-10)74(135-47)98-37-87-49-66(84)85-36-86-67(49)98)137-141(106,107)125-32-45-52(58(121-22-16-115-9)71(132-45)97-30-42(6)68(100)92-79(97)105)136-142(108,109)126-33-46-54(60(123-24-18-117-11)72(133-46)95-28-40(4)64(82)90-77(95)103)139-145(112,148)129-35-48-55(61(124-25-19-118-12)73(134-48)96-29-41(5)65(83)91-78(96)104)140-143(110,146)127-31-44-50(99)56(119-20-14-113-7)69(131-44)93-26-38(2)62(80)88-75(93)101/h26-30,36-37,43-48,50-61,69-74,99H,13-25,31-35H2,1-12H3,(H,106,107)(H,108,109)(H,110,146)(H,111,147)(H,112,148)(H2,80,88,101)(H2,81,89,102)(H2,82,90,103)(H2,83,91,104)(H2,84,85,86)(H,92,100,105)/t43-,44-,45-,46-,47-,48-,50?,51?,52?,53?,54?,55?,56+,57+,58+,59+,60+,61+,69-,70-,71-,72-,73-,74-,143?,144?,145?/m1/s1. The number of aromatic nitrogens is 14. The van der Waals surface area contributed by atoms with Gasteiger partial charge in [-0.25, -0.2) is 48.1 Å². The summed E-state index contributed by atoms with van der Waals surface area (Å²) in [6, 6.07) is 0. The SMILES string of the molecule is CC[C@H]1O[C@@H](n2cc(C)c(N)nc2=O)[C@@H](OCCOC)C1OP(O)(=S)OC[C@H]1O[C@@H](n2cnc3c(N)ncnc32)[C@@H](OCCOC)C1OP(=O)(O)OC[C@H]1O[C@@H](n2cc(C)c(=O)[nH]c2=O)[C@@H](OCCOC)C1OP(=O)(O)OC[C@H]1O[C@@H](n2cc(C)c(N)nc2=O)[C@@H](OCCOC)C1OP(O)(=S)OC[C@H]1O[C@@H](n2cc(C)c(N)nc2=O)[C@@H](OCCOC)C1OP(O)(=S)OC[C@H]1O[C@@H](n2cc(C)c(N)nc2=O)[C@@H](OCCOC)C1O. The van der Waals surface area contributed by atoms with Crippen molar-refractivity contribution in [1.29, 1.82) is 0 Å². The van der Waals surface area contributed by atoms with Gasteiger partial charge in [-0.2, -0.15) is 19.9 Å². The molecule has 0 aliphatic carbocycles. The molecule has 148 heavy (non-hydrogen) atoms. The maximum Gasteiger partial charge on any atom is 0.472 e. The molecule has 0 amide bonds. The van der Waals surface area contributed by atoms with Crippen LogP contribution in [0, 0.1) is 34.6 Å². The third kappa shape index (κ3) is 28.7. The molecule has 61 nitrogen and oxygen atoms in total. The van der Waals surface area contributed by atoms with E-state index in [0.717, 1.165) is 35.4 Å². The summed E-state index contributed by atoms with van der Waals surface area (Å²) in [4.78, 5) is 175. The van der Waals surface area contributed by atoms with E-state index in [9.17, 15) is 58.3 Å². The van der Waals surface area contributed by atoms with Crippen LogP contribution in [0.2, 0.25) is 0 Å². The number of aliphatic hydroxyl groups excluding tert-OH is 1. The Morgan fingerprint density at radius 3 is 0.966 bits per heavy atom. The number of phosphoric ester groups is 2. The molecule has 0 saturated carbocycles. The Morgan fingerprint density at radius 1 is 0.351 bits per heavy atom. The second kappa shape index (κ2) is 51.9. The first-order valence-corrected chi connectivity index (χ1v) is 56.2. The number of imidazole rings is 1. The summed E-state index contributed by atoms with van der Waals surface area (Å²) in [5.74, 6) is -0.640. The molecule has 6 saturated heterocycles. The van der Waals surface area contributed by atoms with Crippen LogP contribution in [-0.4, -0.2) is 362 Å². The van der Waals surface area contributed by atoms with Crippen LogP contribution >= 0.6 is 35.8 Å². The van der Waals surface area contributed by atoms with Crippen molar-refractivity contribution in [3.05, 3.63) is 134 Å². The fourth-order valence-electron chi connectivity index (χ4n) is 16.5. The molecule has 69 heteroatoms. The summed E-state index contributed by atoms with van der Waals surface area (Å²) < 4.78 is 206. The zero-order chi connectivity index (χ0) is 107. The van der Waals surface area contributed by atoms with E-state index in [1.54, 1.807) is 20.8 Å². The number of aryl methyl sites for hydroxylation is 5. The molecule has 826 valence electrons. The molecular formula is C79H120N19O42P5S3. The van der Waals surface area contributed by atoms with Gasteiger partial charge in [-0.3, -0.25) is 68.8 Å². The van der Waals surface area contributed by atoms with E-state index < -0.39 is 257 Å². The number of aliphatic hydroxyl groups is 1. The van der Waals surface area contributed by atoms with Gasteiger partial charge in [0.05, 0.1) is 125 Å². The molecule has 0 aromatic carbocycles. The minimum absolute atomic E-state index is 0.0286. The van der Waals surface area contributed by atoms with Gasteiger partial charge in [-0.15, -0.1) is 0 Å². The number of nitrogens with two attached hydrogens (primary N) is 5. The summed E-state index contributed by atoms with van der Waals surface area (Å²) >= 11 is 17.2. The van der Waals surface area contributed by atoms with E-state index in [0.29, 0.717) is 11.1 Å². The van der Waals surface area contributed by atoms with Crippen LogP contribution < -0.4 is 62.7 Å². The van der Waals surface area contributed by atoms with Crippen molar-refractivity contribution in [2.45, 2.75) is 195 Å². The summed E-state index contributed by atoms with van der Waals surface area (Å²) in [5.41, 5.74) is 25.8. The lowest BCUT2D eigenvalue weighted by Gasteiger charge is -2.30. The summed E-state index contributed by atoms with van der Waals surface area (Å²) in [7, 11) is -3.72. The quantitative estimate of drug-likeness (QED) is 0.0146. The summed E-state index contributed by atoms with van der Waals surface area (Å²) in [6.07, 6.45) is -30.6. The minimum atomic E-state index is -5.97. The lowest BCUT2D eigenvalue weighted by atomic mass is 10.1. The van der Waals surface area contributed by atoms with Gasteiger partial charge in [0.25, 0.3) is 5.56 Å². The van der Waals surface area contributed by atoms with E-state index >= 15 is 9.13 Å². The van der Waals surface area contributed by atoms with Crippen LogP contribution in [0.3, 0.4) is 0 Å². The van der Waals surface area contributed by atoms with Crippen molar-refractivity contribution in [3.8, 4) is 0 Å². The smallest absolute Gasteiger partial charge is 0.387 e. The van der Waals surface area contributed by atoms with Crippen LogP contribution in [0.25, 0.3) is 11.2 Å². The van der Waals surface area contributed by atoms with E-state index in [4.69, 9.17) is 195 Å². The molecule has 6 aliphatic heterocycles. The first-order chi connectivity index (χ1) is 70.3. The highest BCUT2D eigenvalue weighted by molar-refractivity contribution is 8.07. The van der Waals surface area contributed by atoms with E-state index in [-0.39, 0.29) is 136 Å². The van der Waals surface area contributed by atoms with Gasteiger partial charge < -0.3 is 157 Å². The van der Waals surface area contributed by atoms with Gasteiger partial charge in [-0.1, -0.05) is 6.92 Å². The average molecular weight is 2260 g/mol. The first-order valence-electron chi connectivity index (χ1n) is 45.5. The van der Waals surface area contributed by atoms with E-state index in [1.165, 1.54) is 99.1 Å². The number of methoxy groups -OCH3 is 6. The van der Waals surface area contributed by atoms with Crippen LogP contribution in [0.4, 0.5) is 29.1 Å². The molecule has 13 heterocycles. The van der Waals surface area contributed by atoms with Gasteiger partial charge in [-0.05, 0) is 76.5 Å². The van der Waals surface area contributed by atoms with Gasteiger partial charge in [0.15, 0.2) is 48.8 Å². The van der Waals surface area contributed by atoms with E-state index in [2.05, 4.69) is 39.9 Å². The maximum atomic E-state index is 15.4. The predicted molar refractivity (Wildman–Crippen MR) is 519 cm³/mol. The Balaban J connectivity index is 0.802. The molecular weight excluding hydrogens is 2140 g/mol. The number of rotatable bonds is 56. The number of fused-ring (bicyclic) bond motifs is 1.